The van der Waals surface area contributed by atoms with Gasteiger partial charge >= 0.3 is 0 Å². The summed E-state index contributed by atoms with van der Waals surface area (Å²) in [4.78, 5) is 11.5. The van der Waals surface area contributed by atoms with Crippen molar-refractivity contribution in [2.24, 2.45) is 5.92 Å². The molecule has 6 rings (SSSR count). The monoisotopic (exact) mass is 482 g/mol. The van der Waals surface area contributed by atoms with Crippen molar-refractivity contribution in [3.8, 4) is 5.75 Å². The molecule has 4 aromatic rings. The van der Waals surface area contributed by atoms with Crippen LogP contribution >= 0.6 is 0 Å². The fourth-order valence-electron chi connectivity index (χ4n) is 5.77. The lowest BCUT2D eigenvalue weighted by molar-refractivity contribution is 0.0727. The average Bonchev–Trinajstić information content (AvgIpc) is 3.17. The summed E-state index contributed by atoms with van der Waals surface area (Å²) in [6, 6.07) is 12.9. The highest BCUT2D eigenvalue weighted by Crippen LogP contribution is 2.44. The molecule has 0 atom stereocenters. The SMILES string of the molecule is COc1cccc2c1C(c1ccn3cc(CN4CC(CF)C4)nc3c1)=C(c1ccncc1C)CCC2. The third-order valence-corrected chi connectivity index (χ3v) is 7.54. The molecule has 4 heterocycles. The largest absolute Gasteiger partial charge is 0.496 e. The third kappa shape index (κ3) is 4.09. The van der Waals surface area contributed by atoms with E-state index in [1.54, 1.807) is 7.11 Å². The number of imidazole rings is 1. The number of likely N-dealkylation sites (tertiary alicyclic amines) is 1. The van der Waals surface area contributed by atoms with Gasteiger partial charge in [0, 0.05) is 55.9 Å². The Morgan fingerprint density at radius 1 is 1.14 bits per heavy atom. The molecular formula is C30H31FN4O. The lowest BCUT2D eigenvalue weighted by atomic mass is 9.87. The van der Waals surface area contributed by atoms with Crippen LogP contribution in [0.15, 0.2) is 61.2 Å². The zero-order valence-electron chi connectivity index (χ0n) is 20.9. The molecular weight excluding hydrogens is 451 g/mol. The van der Waals surface area contributed by atoms with Gasteiger partial charge in [0.2, 0.25) is 0 Å². The number of nitrogens with zero attached hydrogens (tertiary/aromatic N) is 4. The number of allylic oxidation sites excluding steroid dienone is 1. The number of hydrogen-bond acceptors (Lipinski definition) is 4. The van der Waals surface area contributed by atoms with Gasteiger partial charge in [-0.2, -0.15) is 0 Å². The summed E-state index contributed by atoms with van der Waals surface area (Å²) in [6.07, 6.45) is 11.1. The number of hydrogen-bond donors (Lipinski definition) is 0. The van der Waals surface area contributed by atoms with Crippen molar-refractivity contribution in [1.82, 2.24) is 19.3 Å². The fourth-order valence-corrected chi connectivity index (χ4v) is 5.77. The minimum absolute atomic E-state index is 0.181. The number of methoxy groups -OCH3 is 1. The number of aryl methyl sites for hydroxylation is 2. The molecule has 0 amide bonds. The van der Waals surface area contributed by atoms with Crippen LogP contribution in [-0.4, -0.2) is 46.1 Å². The Hall–Kier alpha value is -3.51. The van der Waals surface area contributed by atoms with Crippen molar-refractivity contribution in [2.75, 3.05) is 26.9 Å². The summed E-state index contributed by atoms with van der Waals surface area (Å²) in [5.74, 6) is 1.08. The van der Waals surface area contributed by atoms with E-state index in [2.05, 4.69) is 70.0 Å². The van der Waals surface area contributed by atoms with Crippen LogP contribution in [0.2, 0.25) is 0 Å². The summed E-state index contributed by atoms with van der Waals surface area (Å²) >= 11 is 0. The minimum Gasteiger partial charge on any atom is -0.496 e. The Morgan fingerprint density at radius 3 is 2.83 bits per heavy atom. The molecule has 0 bridgehead atoms. The molecule has 1 fully saturated rings. The summed E-state index contributed by atoms with van der Waals surface area (Å²) < 4.78 is 20.8. The van der Waals surface area contributed by atoms with Gasteiger partial charge in [0.1, 0.15) is 11.4 Å². The first kappa shape index (κ1) is 22.9. The second-order valence-corrected chi connectivity index (χ2v) is 10.0. The number of ether oxygens (including phenoxy) is 1. The molecule has 5 nitrogen and oxygen atoms in total. The van der Waals surface area contributed by atoms with E-state index in [-0.39, 0.29) is 12.6 Å². The third-order valence-electron chi connectivity index (χ3n) is 7.54. The maximum absolute atomic E-state index is 12.8. The molecule has 1 saturated heterocycles. The van der Waals surface area contributed by atoms with Crippen molar-refractivity contribution in [3.63, 3.8) is 0 Å². The van der Waals surface area contributed by atoms with E-state index in [4.69, 9.17) is 9.72 Å². The number of rotatable bonds is 6. The number of alkyl halides is 1. The Balaban J connectivity index is 1.49. The predicted octanol–water partition coefficient (Wildman–Crippen LogP) is 5.74. The molecule has 3 aromatic heterocycles. The smallest absolute Gasteiger partial charge is 0.137 e. The summed E-state index contributed by atoms with van der Waals surface area (Å²) in [5, 5.41) is 0. The van der Waals surface area contributed by atoms with Crippen LogP contribution in [0.25, 0.3) is 16.8 Å². The number of halogens is 1. The van der Waals surface area contributed by atoms with Gasteiger partial charge in [-0.1, -0.05) is 12.1 Å². The van der Waals surface area contributed by atoms with E-state index >= 15 is 0 Å². The van der Waals surface area contributed by atoms with Crippen LogP contribution in [0.5, 0.6) is 5.75 Å². The lowest BCUT2D eigenvalue weighted by Gasteiger charge is -2.37. The van der Waals surface area contributed by atoms with Gasteiger partial charge in [0.05, 0.1) is 19.5 Å². The van der Waals surface area contributed by atoms with E-state index in [0.717, 1.165) is 61.6 Å². The fraction of sp³-hybridized carbons (Fsp3) is 0.333. The Labute approximate surface area is 211 Å². The molecule has 2 aliphatic rings. The van der Waals surface area contributed by atoms with E-state index in [9.17, 15) is 4.39 Å². The maximum atomic E-state index is 12.8. The van der Waals surface area contributed by atoms with Gasteiger partial charge in [-0.15, -0.1) is 0 Å². The highest BCUT2D eigenvalue weighted by molar-refractivity contribution is 6.02. The molecule has 0 radical (unpaired) electrons. The zero-order valence-corrected chi connectivity index (χ0v) is 20.9. The van der Waals surface area contributed by atoms with Crippen LogP contribution < -0.4 is 4.74 Å². The first-order chi connectivity index (χ1) is 17.6. The van der Waals surface area contributed by atoms with Crippen molar-refractivity contribution >= 4 is 16.8 Å². The number of benzene rings is 1. The zero-order chi connectivity index (χ0) is 24.6. The summed E-state index contributed by atoms with van der Waals surface area (Å²) in [7, 11) is 1.75. The molecule has 0 unspecified atom stereocenters. The Kier molecular flexibility index (Phi) is 6.05. The second kappa shape index (κ2) is 9.51. The molecule has 1 aromatic carbocycles. The molecule has 0 N–H and O–H groups in total. The van der Waals surface area contributed by atoms with Crippen molar-refractivity contribution in [3.05, 3.63) is 94.7 Å². The molecule has 6 heteroatoms. The highest BCUT2D eigenvalue weighted by Gasteiger charge is 2.27. The topological polar surface area (TPSA) is 42.7 Å². The van der Waals surface area contributed by atoms with Crippen molar-refractivity contribution < 1.29 is 9.13 Å². The Morgan fingerprint density at radius 2 is 2.03 bits per heavy atom. The molecule has 0 saturated carbocycles. The summed E-state index contributed by atoms with van der Waals surface area (Å²) in [6.45, 7) is 4.29. The minimum atomic E-state index is -0.232. The van der Waals surface area contributed by atoms with Gasteiger partial charge in [-0.3, -0.25) is 14.3 Å². The molecule has 1 aliphatic carbocycles. The Bertz CT molecular complexity index is 1450. The first-order valence-corrected chi connectivity index (χ1v) is 12.7. The molecule has 184 valence electrons. The van der Waals surface area contributed by atoms with Gasteiger partial charge in [0.25, 0.3) is 0 Å². The number of pyridine rings is 2. The van der Waals surface area contributed by atoms with Crippen molar-refractivity contribution in [1.29, 1.82) is 0 Å². The normalized spacial score (nSPS) is 16.6. The summed E-state index contributed by atoms with van der Waals surface area (Å²) in [5.41, 5.74) is 10.5. The second-order valence-electron chi connectivity index (χ2n) is 10.0. The van der Waals surface area contributed by atoms with Crippen LogP contribution in [0, 0.1) is 12.8 Å². The van der Waals surface area contributed by atoms with Gasteiger partial charge in [-0.05, 0) is 83.9 Å². The van der Waals surface area contributed by atoms with Crippen LogP contribution in [0.4, 0.5) is 4.39 Å². The quantitative estimate of drug-likeness (QED) is 0.351. The molecule has 0 spiro atoms. The van der Waals surface area contributed by atoms with E-state index in [1.165, 1.54) is 33.4 Å². The maximum Gasteiger partial charge on any atom is 0.137 e. The number of fused-ring (bicyclic) bond motifs is 2. The van der Waals surface area contributed by atoms with Crippen LogP contribution in [-0.2, 0) is 13.0 Å². The first-order valence-electron chi connectivity index (χ1n) is 12.7. The molecule has 36 heavy (non-hydrogen) atoms. The van der Waals surface area contributed by atoms with Crippen LogP contribution in [0.3, 0.4) is 0 Å². The van der Waals surface area contributed by atoms with Gasteiger partial charge in [0.15, 0.2) is 0 Å². The van der Waals surface area contributed by atoms with Gasteiger partial charge in [-0.25, -0.2) is 4.98 Å². The van der Waals surface area contributed by atoms with E-state index < -0.39 is 0 Å². The molecule has 1 aliphatic heterocycles. The van der Waals surface area contributed by atoms with E-state index in [0.29, 0.717) is 0 Å². The average molecular weight is 483 g/mol. The van der Waals surface area contributed by atoms with Gasteiger partial charge < -0.3 is 9.14 Å². The highest BCUT2D eigenvalue weighted by atomic mass is 19.1. The van der Waals surface area contributed by atoms with E-state index in [1.807, 2.05) is 12.4 Å². The predicted molar refractivity (Wildman–Crippen MR) is 141 cm³/mol. The van der Waals surface area contributed by atoms with Crippen molar-refractivity contribution in [2.45, 2.75) is 32.7 Å². The number of aromatic nitrogens is 3. The van der Waals surface area contributed by atoms with Crippen LogP contribution in [0.1, 0.15) is 46.4 Å². The standard InChI is InChI=1S/C30H31FN4O/c1-20-15-32-11-9-25(20)26-7-3-5-22-6-4-8-27(36-2)30(22)29(26)23-10-12-35-19-24(33-28(35)13-23)18-34-16-21(14-31)17-34/h4,6,8-13,15,19,21H,3,5,7,14,16-18H2,1-2H3. The lowest BCUT2D eigenvalue weighted by Crippen LogP contribution is -2.46.